The van der Waals surface area contributed by atoms with E-state index in [1.165, 1.54) is 17.7 Å². The average Bonchev–Trinajstić information content (AvgIpc) is 3.27. The molecule has 1 saturated heterocycles. The van der Waals surface area contributed by atoms with Crippen molar-refractivity contribution in [2.24, 2.45) is 0 Å². The van der Waals surface area contributed by atoms with E-state index in [9.17, 15) is 17.6 Å². The maximum atomic E-state index is 13.5. The molecule has 5 rings (SSSR count). The van der Waals surface area contributed by atoms with E-state index in [2.05, 4.69) is 65.1 Å². The van der Waals surface area contributed by atoms with Crippen LogP contribution >= 0.6 is 0 Å². The van der Waals surface area contributed by atoms with Gasteiger partial charge in [-0.3, -0.25) is 4.90 Å². The number of carbonyl (C=O) groups is 1. The van der Waals surface area contributed by atoms with Crippen molar-refractivity contribution in [3.63, 3.8) is 0 Å². The first-order chi connectivity index (χ1) is 18.0. The van der Waals surface area contributed by atoms with Gasteiger partial charge in [-0.05, 0) is 54.8 Å². The molecule has 6 nitrogen and oxygen atoms in total. The molecule has 1 aliphatic rings. The smallest absolute Gasteiger partial charge is 0.475 e. The molecule has 1 aliphatic heterocycles. The number of benzene rings is 3. The summed E-state index contributed by atoms with van der Waals surface area (Å²) in [6.45, 7) is 7.15. The van der Waals surface area contributed by atoms with Gasteiger partial charge in [-0.15, -0.1) is 0 Å². The number of aromatic nitrogens is 2. The van der Waals surface area contributed by atoms with Gasteiger partial charge in [-0.2, -0.15) is 13.2 Å². The maximum Gasteiger partial charge on any atom is 0.490 e. The van der Waals surface area contributed by atoms with Gasteiger partial charge in [0.25, 0.3) is 0 Å². The van der Waals surface area contributed by atoms with E-state index in [1.54, 1.807) is 6.07 Å². The molecule has 2 atom stereocenters. The van der Waals surface area contributed by atoms with Gasteiger partial charge in [0.15, 0.2) is 0 Å². The first kappa shape index (κ1) is 27.3. The van der Waals surface area contributed by atoms with Crippen LogP contribution in [-0.4, -0.2) is 57.4 Å². The number of rotatable bonds is 4. The van der Waals surface area contributed by atoms with Crippen LogP contribution in [0.25, 0.3) is 33.5 Å². The van der Waals surface area contributed by atoms with Crippen molar-refractivity contribution in [1.29, 1.82) is 0 Å². The number of H-pyrrole nitrogens is 1. The summed E-state index contributed by atoms with van der Waals surface area (Å²) in [5.74, 6) is -2.28. The Morgan fingerprint density at radius 1 is 1.00 bits per heavy atom. The highest BCUT2D eigenvalue weighted by atomic mass is 19.4. The zero-order valence-corrected chi connectivity index (χ0v) is 20.8. The molecular weight excluding hydrogens is 502 g/mol. The van der Waals surface area contributed by atoms with E-state index < -0.39 is 12.1 Å². The van der Waals surface area contributed by atoms with Crippen LogP contribution in [0.4, 0.5) is 17.6 Å². The fraction of sp³-hybridized carbons (Fsp3) is 0.286. The Hall–Kier alpha value is -3.76. The van der Waals surface area contributed by atoms with Crippen molar-refractivity contribution >= 4 is 17.0 Å². The largest absolute Gasteiger partial charge is 0.490 e. The van der Waals surface area contributed by atoms with E-state index >= 15 is 0 Å². The number of aromatic amines is 1. The number of halogens is 4. The minimum Gasteiger partial charge on any atom is -0.475 e. The zero-order valence-electron chi connectivity index (χ0n) is 20.8. The van der Waals surface area contributed by atoms with Crippen molar-refractivity contribution in [3.8, 4) is 22.5 Å². The van der Waals surface area contributed by atoms with Gasteiger partial charge in [0.2, 0.25) is 0 Å². The Bertz CT molecular complexity index is 1390. The predicted molar refractivity (Wildman–Crippen MR) is 136 cm³/mol. The molecule has 0 spiro atoms. The molecule has 1 aromatic heterocycles. The zero-order chi connectivity index (χ0) is 27.4. The fourth-order valence-corrected chi connectivity index (χ4v) is 4.44. The maximum absolute atomic E-state index is 13.5. The molecule has 200 valence electrons. The van der Waals surface area contributed by atoms with Gasteiger partial charge in [-0.1, -0.05) is 42.5 Å². The number of ether oxygens (including phenoxy) is 1. The van der Waals surface area contributed by atoms with Gasteiger partial charge in [0, 0.05) is 25.2 Å². The second kappa shape index (κ2) is 11.3. The third kappa shape index (κ3) is 6.96. The van der Waals surface area contributed by atoms with Crippen LogP contribution in [0.15, 0.2) is 66.7 Å². The molecule has 4 aromatic rings. The molecule has 0 radical (unpaired) electrons. The van der Waals surface area contributed by atoms with E-state index in [4.69, 9.17) is 14.6 Å². The van der Waals surface area contributed by atoms with Crippen LogP contribution in [0.5, 0.6) is 0 Å². The van der Waals surface area contributed by atoms with Gasteiger partial charge < -0.3 is 14.8 Å². The second-order valence-corrected chi connectivity index (χ2v) is 9.28. The summed E-state index contributed by atoms with van der Waals surface area (Å²) in [5, 5.41) is 7.12. The lowest BCUT2D eigenvalue weighted by molar-refractivity contribution is -0.192. The molecule has 2 N–H and O–H groups in total. The summed E-state index contributed by atoms with van der Waals surface area (Å²) in [6, 6.07) is 21.6. The van der Waals surface area contributed by atoms with Crippen molar-refractivity contribution in [1.82, 2.24) is 14.9 Å². The third-order valence-electron chi connectivity index (χ3n) is 6.01. The second-order valence-electron chi connectivity index (χ2n) is 9.28. The Morgan fingerprint density at radius 2 is 1.63 bits per heavy atom. The molecule has 3 aromatic carbocycles. The number of nitrogens with one attached hydrogen (secondary N) is 1. The van der Waals surface area contributed by atoms with E-state index in [1.807, 2.05) is 12.1 Å². The minimum absolute atomic E-state index is 0.266. The standard InChI is InChI=1S/C26H26FN3O.C2HF3O2/c1-17-14-30(15-18(2)31-17)16-19-6-8-20(9-7-19)21-4-3-5-22(12-21)26-28-24-11-10-23(27)13-25(24)29-26;3-2(4,5)1(6)7/h3-13,17-18H,14-16H2,1-2H3,(H,28,29);(H,6,7). The number of nitrogens with zero attached hydrogens (tertiary/aromatic N) is 2. The lowest BCUT2D eigenvalue weighted by Gasteiger charge is -2.35. The lowest BCUT2D eigenvalue weighted by atomic mass is 10.0. The van der Waals surface area contributed by atoms with E-state index in [0.717, 1.165) is 47.7 Å². The molecule has 0 aliphatic carbocycles. The van der Waals surface area contributed by atoms with Gasteiger partial charge in [-0.25, -0.2) is 14.2 Å². The first-order valence-electron chi connectivity index (χ1n) is 12.0. The molecule has 38 heavy (non-hydrogen) atoms. The summed E-state index contributed by atoms with van der Waals surface area (Å²) in [7, 11) is 0. The monoisotopic (exact) mass is 529 g/mol. The average molecular weight is 530 g/mol. The van der Waals surface area contributed by atoms with Gasteiger partial charge in [0.1, 0.15) is 11.6 Å². The summed E-state index contributed by atoms with van der Waals surface area (Å²) in [5.41, 5.74) is 6.05. The Balaban J connectivity index is 0.000000426. The van der Waals surface area contributed by atoms with Crippen LogP contribution in [-0.2, 0) is 16.1 Å². The van der Waals surface area contributed by atoms with Crippen molar-refractivity contribution < 1.29 is 32.2 Å². The highest BCUT2D eigenvalue weighted by Crippen LogP contribution is 2.27. The summed E-state index contributed by atoms with van der Waals surface area (Å²) in [6.07, 6.45) is -4.53. The van der Waals surface area contributed by atoms with Crippen LogP contribution in [0.1, 0.15) is 19.4 Å². The Kier molecular flexibility index (Phi) is 8.13. The van der Waals surface area contributed by atoms with Crippen LogP contribution in [0, 0.1) is 5.82 Å². The fourth-order valence-electron chi connectivity index (χ4n) is 4.44. The molecule has 0 saturated carbocycles. The molecule has 10 heteroatoms. The van der Waals surface area contributed by atoms with Crippen molar-refractivity contribution in [2.75, 3.05) is 13.1 Å². The first-order valence-corrected chi connectivity index (χ1v) is 12.0. The number of aliphatic carboxylic acids is 1. The SMILES string of the molecule is CC1CN(Cc2ccc(-c3cccc(-c4nc5ccc(F)cc5[nH]4)c3)cc2)CC(C)O1.O=C(O)C(F)(F)F. The van der Waals surface area contributed by atoms with Crippen molar-refractivity contribution in [3.05, 3.63) is 78.1 Å². The summed E-state index contributed by atoms with van der Waals surface area (Å²) < 4.78 is 51.1. The van der Waals surface area contributed by atoms with Gasteiger partial charge >= 0.3 is 12.1 Å². The summed E-state index contributed by atoms with van der Waals surface area (Å²) >= 11 is 0. The molecule has 1 fully saturated rings. The Labute approximate surface area is 216 Å². The molecule has 2 heterocycles. The number of carboxylic acid groups (broad SMARTS) is 1. The van der Waals surface area contributed by atoms with E-state index in [0.29, 0.717) is 5.52 Å². The van der Waals surface area contributed by atoms with Crippen LogP contribution in [0.2, 0.25) is 0 Å². The molecule has 2 unspecified atom stereocenters. The predicted octanol–water partition coefficient (Wildman–Crippen LogP) is 6.28. The number of morpholine rings is 1. The number of alkyl halides is 3. The number of hydrogen-bond acceptors (Lipinski definition) is 4. The van der Waals surface area contributed by atoms with Crippen molar-refractivity contribution in [2.45, 2.75) is 38.8 Å². The number of hydrogen-bond donors (Lipinski definition) is 2. The summed E-state index contributed by atoms with van der Waals surface area (Å²) in [4.78, 5) is 19.2. The molecule has 0 bridgehead atoms. The van der Waals surface area contributed by atoms with Crippen LogP contribution < -0.4 is 0 Å². The van der Waals surface area contributed by atoms with Gasteiger partial charge in [0.05, 0.1) is 23.2 Å². The van der Waals surface area contributed by atoms with E-state index in [-0.39, 0.29) is 18.0 Å². The highest BCUT2D eigenvalue weighted by molar-refractivity contribution is 5.80. The normalized spacial score (nSPS) is 18.2. The number of carboxylic acids is 1. The Morgan fingerprint density at radius 3 is 2.26 bits per heavy atom. The molecule has 0 amide bonds. The third-order valence-corrected chi connectivity index (χ3v) is 6.01. The number of fused-ring (bicyclic) bond motifs is 1. The molecular formula is C28H27F4N3O3. The highest BCUT2D eigenvalue weighted by Gasteiger charge is 2.38. The number of imidazole rings is 1. The quantitative estimate of drug-likeness (QED) is 0.304. The topological polar surface area (TPSA) is 78.5 Å². The lowest BCUT2D eigenvalue weighted by Crippen LogP contribution is -2.44. The minimum atomic E-state index is -5.08. The van der Waals surface area contributed by atoms with Crippen LogP contribution in [0.3, 0.4) is 0 Å².